The summed E-state index contributed by atoms with van der Waals surface area (Å²) in [5.41, 5.74) is 2.66. The first-order chi connectivity index (χ1) is 18.9. The van der Waals surface area contributed by atoms with Crippen LogP contribution in [0, 0.1) is 11.3 Å². The summed E-state index contributed by atoms with van der Waals surface area (Å²) >= 11 is 0. The molecule has 2 aliphatic rings. The quantitative estimate of drug-likeness (QED) is 0.284. The number of likely N-dealkylation sites (tertiary alicyclic amines) is 1. The number of amidine groups is 1. The number of anilines is 1. The van der Waals surface area contributed by atoms with Crippen molar-refractivity contribution in [3.05, 3.63) is 47.7 Å². The molecule has 1 aromatic carbocycles. The van der Waals surface area contributed by atoms with Gasteiger partial charge in [-0.3, -0.25) is 9.69 Å². The zero-order valence-electron chi connectivity index (χ0n) is 22.6. The number of aliphatic hydroxyl groups is 1. The summed E-state index contributed by atoms with van der Waals surface area (Å²) in [6, 6.07) is 7.99. The number of amides is 1. The number of hydrogen-bond donors (Lipinski definition) is 4. The second kappa shape index (κ2) is 13.3. The third-order valence-corrected chi connectivity index (χ3v) is 7.09. The number of carbonyl (C=O) groups excluding carboxylic acids is 1. The molecule has 208 valence electrons. The predicted octanol–water partition coefficient (Wildman–Crippen LogP) is 2.55. The zero-order valence-corrected chi connectivity index (χ0v) is 22.6. The van der Waals surface area contributed by atoms with Gasteiger partial charge in [0, 0.05) is 56.2 Å². The van der Waals surface area contributed by atoms with Crippen molar-refractivity contribution in [2.24, 2.45) is 4.99 Å². The molecule has 0 saturated carbocycles. The SMILES string of the molecule is C=C(NCCO)c1c(C#N)c[nH]c1/N=C(\C)Nc1ccc(C(=O)N2CCC(N3CCOCC3)CC2)cc1OC. The average Bonchev–Trinajstić information content (AvgIpc) is 3.38. The van der Waals surface area contributed by atoms with Crippen LogP contribution in [0.25, 0.3) is 5.70 Å². The standard InChI is InChI=1S/C28H37N7O4/c1-19(30-8-13-36)26-22(17-29)18-31-27(26)33-20(2)32-24-5-4-21(16-25(24)38-3)28(37)35-9-6-23(7-10-35)34-11-14-39-15-12-34/h4-5,16,18,23,30-31,36H,1,6-15H2,2-3H3,(H,32,33). The summed E-state index contributed by atoms with van der Waals surface area (Å²) < 4.78 is 11.1. The second-order valence-electron chi connectivity index (χ2n) is 9.58. The fraction of sp³-hybridized carbons (Fsp3) is 0.464. The van der Waals surface area contributed by atoms with Gasteiger partial charge >= 0.3 is 0 Å². The Kier molecular flexibility index (Phi) is 9.59. The minimum Gasteiger partial charge on any atom is -0.495 e. The van der Waals surface area contributed by atoms with Crippen LogP contribution in [0.5, 0.6) is 5.75 Å². The predicted molar refractivity (Wildman–Crippen MR) is 150 cm³/mol. The van der Waals surface area contributed by atoms with E-state index in [0.717, 1.165) is 52.2 Å². The van der Waals surface area contributed by atoms with E-state index < -0.39 is 0 Å². The molecule has 39 heavy (non-hydrogen) atoms. The fourth-order valence-corrected chi connectivity index (χ4v) is 5.07. The third kappa shape index (κ3) is 6.78. The van der Waals surface area contributed by atoms with Crippen molar-refractivity contribution < 1.29 is 19.4 Å². The molecule has 0 radical (unpaired) electrons. The molecular weight excluding hydrogens is 498 g/mol. The van der Waals surface area contributed by atoms with Gasteiger partial charge in [-0.2, -0.15) is 5.26 Å². The minimum absolute atomic E-state index is 0.000353. The van der Waals surface area contributed by atoms with Crippen molar-refractivity contribution in [1.29, 1.82) is 5.26 Å². The van der Waals surface area contributed by atoms with Crippen molar-refractivity contribution in [3.63, 3.8) is 0 Å². The number of piperidine rings is 1. The molecule has 0 bridgehead atoms. The van der Waals surface area contributed by atoms with Gasteiger partial charge in [-0.1, -0.05) is 6.58 Å². The number of rotatable bonds is 9. The molecule has 11 heteroatoms. The highest BCUT2D eigenvalue weighted by atomic mass is 16.5. The van der Waals surface area contributed by atoms with E-state index in [1.807, 2.05) is 11.0 Å². The first kappa shape index (κ1) is 28.2. The lowest BCUT2D eigenvalue weighted by Crippen LogP contribution is -2.50. The molecule has 0 unspecified atom stereocenters. The molecule has 0 atom stereocenters. The Balaban J connectivity index is 1.43. The van der Waals surface area contributed by atoms with Crippen molar-refractivity contribution in [2.75, 3.05) is 65.0 Å². The first-order valence-corrected chi connectivity index (χ1v) is 13.2. The lowest BCUT2D eigenvalue weighted by Gasteiger charge is -2.40. The number of morpholine rings is 1. The maximum atomic E-state index is 13.3. The number of H-pyrrole nitrogens is 1. The number of nitriles is 1. The highest BCUT2D eigenvalue weighted by Crippen LogP contribution is 2.30. The van der Waals surface area contributed by atoms with Crippen molar-refractivity contribution in [2.45, 2.75) is 25.8 Å². The van der Waals surface area contributed by atoms with Crippen LogP contribution in [0.4, 0.5) is 11.5 Å². The number of nitrogens with zero attached hydrogens (tertiary/aromatic N) is 4. The molecule has 1 amide bonds. The van der Waals surface area contributed by atoms with Gasteiger partial charge in [0.25, 0.3) is 5.91 Å². The summed E-state index contributed by atoms with van der Waals surface area (Å²) in [6.07, 6.45) is 3.50. The molecule has 2 aliphatic heterocycles. The average molecular weight is 536 g/mol. The van der Waals surface area contributed by atoms with Crippen LogP contribution < -0.4 is 15.4 Å². The summed E-state index contributed by atoms with van der Waals surface area (Å²) in [4.78, 5) is 25.3. The van der Waals surface area contributed by atoms with Gasteiger partial charge in [-0.05, 0) is 38.0 Å². The van der Waals surface area contributed by atoms with E-state index in [1.54, 1.807) is 32.4 Å². The fourth-order valence-electron chi connectivity index (χ4n) is 5.07. The molecule has 4 rings (SSSR count). The van der Waals surface area contributed by atoms with Gasteiger partial charge in [0.1, 0.15) is 23.5 Å². The maximum Gasteiger partial charge on any atom is 0.253 e. The number of nitrogens with one attached hydrogen (secondary N) is 3. The van der Waals surface area contributed by atoms with E-state index in [0.29, 0.717) is 58.1 Å². The van der Waals surface area contributed by atoms with Gasteiger partial charge in [-0.25, -0.2) is 4.99 Å². The van der Waals surface area contributed by atoms with Gasteiger partial charge < -0.3 is 35.1 Å². The Morgan fingerprint density at radius 1 is 1.31 bits per heavy atom. The minimum atomic E-state index is -0.0600. The molecular formula is C28H37N7O4. The van der Waals surface area contributed by atoms with E-state index >= 15 is 0 Å². The number of aliphatic hydroxyl groups excluding tert-OH is 1. The normalized spacial score (nSPS) is 17.0. The van der Waals surface area contributed by atoms with Crippen LogP contribution in [0.15, 0.2) is 36.0 Å². The van der Waals surface area contributed by atoms with E-state index in [-0.39, 0.29) is 12.5 Å². The molecule has 1 aromatic heterocycles. The number of aliphatic imine (C=N–C) groups is 1. The van der Waals surface area contributed by atoms with Crippen molar-refractivity contribution in [1.82, 2.24) is 20.1 Å². The number of aromatic amines is 1. The molecule has 2 saturated heterocycles. The Bertz CT molecular complexity index is 1240. The number of benzene rings is 1. The summed E-state index contributed by atoms with van der Waals surface area (Å²) in [7, 11) is 1.56. The monoisotopic (exact) mass is 535 g/mol. The van der Waals surface area contributed by atoms with Crippen LogP contribution in [-0.4, -0.2) is 97.3 Å². The topological polar surface area (TPSA) is 138 Å². The van der Waals surface area contributed by atoms with Gasteiger partial charge in [0.2, 0.25) is 0 Å². The number of ether oxygens (including phenoxy) is 2. The molecule has 2 fully saturated rings. The molecule has 3 heterocycles. The summed E-state index contributed by atoms with van der Waals surface area (Å²) in [6.45, 7) is 11.0. The largest absolute Gasteiger partial charge is 0.495 e. The lowest BCUT2D eigenvalue weighted by atomic mass is 10.0. The molecule has 4 N–H and O–H groups in total. The first-order valence-electron chi connectivity index (χ1n) is 13.2. The number of hydrogen-bond acceptors (Lipinski definition) is 8. The maximum absolute atomic E-state index is 13.3. The van der Waals surface area contributed by atoms with E-state index in [1.165, 1.54) is 0 Å². The second-order valence-corrected chi connectivity index (χ2v) is 9.58. The Hall–Kier alpha value is -3.85. The van der Waals surface area contributed by atoms with Crippen LogP contribution in [0.3, 0.4) is 0 Å². The smallest absolute Gasteiger partial charge is 0.253 e. The molecule has 2 aromatic rings. The number of carbonyl (C=O) groups is 1. The lowest BCUT2D eigenvalue weighted by molar-refractivity contribution is 0.00159. The highest BCUT2D eigenvalue weighted by molar-refractivity contribution is 5.99. The van der Waals surface area contributed by atoms with Crippen molar-refractivity contribution in [3.8, 4) is 11.8 Å². The van der Waals surface area contributed by atoms with E-state index in [2.05, 4.69) is 38.2 Å². The van der Waals surface area contributed by atoms with Gasteiger partial charge in [0.05, 0.1) is 43.7 Å². The zero-order chi connectivity index (χ0) is 27.8. The van der Waals surface area contributed by atoms with E-state index in [9.17, 15) is 10.1 Å². The van der Waals surface area contributed by atoms with Crippen LogP contribution in [-0.2, 0) is 4.74 Å². The van der Waals surface area contributed by atoms with Crippen LogP contribution in [0.2, 0.25) is 0 Å². The van der Waals surface area contributed by atoms with Crippen LogP contribution >= 0.6 is 0 Å². The Morgan fingerprint density at radius 2 is 2.05 bits per heavy atom. The Morgan fingerprint density at radius 3 is 2.72 bits per heavy atom. The number of methoxy groups -OCH3 is 1. The van der Waals surface area contributed by atoms with Crippen molar-refractivity contribution >= 4 is 28.9 Å². The molecule has 11 nitrogen and oxygen atoms in total. The Labute approximate surface area is 229 Å². The van der Waals surface area contributed by atoms with Crippen LogP contribution in [0.1, 0.15) is 41.3 Å². The third-order valence-electron chi connectivity index (χ3n) is 7.09. The number of aromatic nitrogens is 1. The van der Waals surface area contributed by atoms with Gasteiger partial charge in [-0.15, -0.1) is 0 Å². The molecule has 0 aliphatic carbocycles. The van der Waals surface area contributed by atoms with E-state index in [4.69, 9.17) is 14.6 Å². The highest BCUT2D eigenvalue weighted by Gasteiger charge is 2.28. The summed E-state index contributed by atoms with van der Waals surface area (Å²) in [5, 5.41) is 24.8. The van der Waals surface area contributed by atoms with Gasteiger partial charge in [0.15, 0.2) is 0 Å². The molecule has 0 spiro atoms. The summed E-state index contributed by atoms with van der Waals surface area (Å²) in [5.74, 6) is 1.52.